The molecule has 0 bridgehead atoms. The van der Waals surface area contributed by atoms with Crippen LogP contribution in [-0.2, 0) is 5.41 Å². The molecule has 0 radical (unpaired) electrons. The molecule has 270 valence electrons. The predicted molar refractivity (Wildman–Crippen MR) is 235 cm³/mol. The minimum absolute atomic E-state index is 0.489. The molecule has 0 amide bonds. The summed E-state index contributed by atoms with van der Waals surface area (Å²) in [4.78, 5) is 10.3. The summed E-state index contributed by atoms with van der Waals surface area (Å²) in [5.41, 5.74) is 15.3. The first-order valence-electron chi connectivity index (χ1n) is 19.6. The highest BCUT2D eigenvalue weighted by Gasteiger charge is 2.46. The molecule has 0 N–H and O–H groups in total. The Kier molecular flexibility index (Phi) is 7.74. The Hall–Kier alpha value is -7.87. The molecule has 58 heavy (non-hydrogen) atoms. The maximum absolute atomic E-state index is 9.69. The second-order valence-corrected chi connectivity index (χ2v) is 14.9. The third-order valence-corrected chi connectivity index (χ3v) is 11.7. The van der Waals surface area contributed by atoms with E-state index in [0.717, 1.165) is 44.8 Å². The number of hydrogen-bond acceptors (Lipinski definition) is 3. The van der Waals surface area contributed by atoms with Crippen LogP contribution in [0.3, 0.4) is 0 Å². The van der Waals surface area contributed by atoms with E-state index in [-0.39, 0.29) is 0 Å². The highest BCUT2D eigenvalue weighted by molar-refractivity contribution is 6.12. The maximum atomic E-state index is 9.69. The molecule has 10 aromatic rings. The third-order valence-electron chi connectivity index (χ3n) is 11.7. The van der Waals surface area contributed by atoms with Crippen molar-refractivity contribution in [3.05, 3.63) is 234 Å². The second kappa shape index (κ2) is 13.4. The molecular formula is C54H34N4. The van der Waals surface area contributed by atoms with Crippen molar-refractivity contribution in [3.8, 4) is 56.8 Å². The largest absolute Gasteiger partial charge is 0.309 e. The molecule has 1 aliphatic carbocycles. The molecule has 2 heterocycles. The van der Waals surface area contributed by atoms with Crippen molar-refractivity contribution >= 4 is 21.8 Å². The first-order chi connectivity index (χ1) is 28.7. The van der Waals surface area contributed by atoms with Gasteiger partial charge in [0.25, 0.3) is 0 Å². The van der Waals surface area contributed by atoms with Crippen molar-refractivity contribution in [2.45, 2.75) is 5.41 Å². The lowest BCUT2D eigenvalue weighted by Crippen LogP contribution is -2.28. The molecule has 11 rings (SSSR count). The van der Waals surface area contributed by atoms with Crippen LogP contribution in [0.1, 0.15) is 27.8 Å². The molecule has 2 aromatic heterocycles. The zero-order valence-electron chi connectivity index (χ0n) is 31.4. The molecule has 0 atom stereocenters. The molecule has 0 saturated carbocycles. The molecule has 0 fully saturated rings. The highest BCUT2D eigenvalue weighted by atomic mass is 15.0. The van der Waals surface area contributed by atoms with E-state index in [0.29, 0.717) is 11.4 Å². The Morgan fingerprint density at radius 3 is 1.81 bits per heavy atom. The first-order valence-corrected chi connectivity index (χ1v) is 19.6. The van der Waals surface area contributed by atoms with Gasteiger partial charge in [0.2, 0.25) is 0 Å². The van der Waals surface area contributed by atoms with Crippen LogP contribution >= 0.6 is 0 Å². The minimum Gasteiger partial charge on any atom is -0.309 e. The number of aromatic nitrogens is 3. The van der Waals surface area contributed by atoms with Crippen molar-refractivity contribution < 1.29 is 0 Å². The van der Waals surface area contributed by atoms with Gasteiger partial charge in [-0.05, 0) is 81.9 Å². The van der Waals surface area contributed by atoms with Crippen LogP contribution in [0.4, 0.5) is 0 Å². The summed E-state index contributed by atoms with van der Waals surface area (Å²) in [6, 6.07) is 75.1. The lowest BCUT2D eigenvalue weighted by atomic mass is 9.67. The highest BCUT2D eigenvalue weighted by Crippen LogP contribution is 2.57. The number of hydrogen-bond donors (Lipinski definition) is 0. The summed E-state index contributed by atoms with van der Waals surface area (Å²) in [7, 11) is 0. The van der Waals surface area contributed by atoms with E-state index >= 15 is 0 Å². The van der Waals surface area contributed by atoms with E-state index in [4.69, 9.17) is 9.97 Å². The number of para-hydroxylation sites is 1. The van der Waals surface area contributed by atoms with Gasteiger partial charge in [-0.3, -0.25) is 0 Å². The van der Waals surface area contributed by atoms with Gasteiger partial charge in [-0.25, -0.2) is 9.97 Å². The lowest BCUT2D eigenvalue weighted by molar-refractivity contribution is 0.769. The number of nitriles is 1. The molecule has 0 saturated heterocycles. The van der Waals surface area contributed by atoms with Gasteiger partial charge in [-0.2, -0.15) is 5.26 Å². The molecular weight excluding hydrogens is 705 g/mol. The van der Waals surface area contributed by atoms with Crippen molar-refractivity contribution in [2.24, 2.45) is 0 Å². The maximum Gasteiger partial charge on any atom is 0.160 e. The Morgan fingerprint density at radius 2 is 1.05 bits per heavy atom. The normalized spacial score (nSPS) is 12.6. The fraction of sp³-hybridized carbons (Fsp3) is 0.0185. The van der Waals surface area contributed by atoms with Crippen LogP contribution < -0.4 is 0 Å². The van der Waals surface area contributed by atoms with Gasteiger partial charge in [0, 0.05) is 33.2 Å². The number of nitrogens with zero attached hydrogens (tertiary/aromatic N) is 4. The quantitative estimate of drug-likeness (QED) is 0.171. The smallest absolute Gasteiger partial charge is 0.160 e. The van der Waals surface area contributed by atoms with Crippen LogP contribution in [0.15, 0.2) is 206 Å². The van der Waals surface area contributed by atoms with E-state index in [9.17, 15) is 5.26 Å². The third kappa shape index (κ3) is 5.15. The Balaban J connectivity index is 1.15. The zero-order chi connectivity index (χ0) is 38.6. The molecule has 0 aliphatic heterocycles. The fourth-order valence-electron chi connectivity index (χ4n) is 9.19. The monoisotopic (exact) mass is 738 g/mol. The van der Waals surface area contributed by atoms with Gasteiger partial charge in [0.05, 0.1) is 39.5 Å². The van der Waals surface area contributed by atoms with Crippen molar-refractivity contribution in [1.29, 1.82) is 5.26 Å². The zero-order valence-corrected chi connectivity index (χ0v) is 31.4. The van der Waals surface area contributed by atoms with Gasteiger partial charge in [0.15, 0.2) is 5.82 Å². The summed E-state index contributed by atoms with van der Waals surface area (Å²) in [5, 5.41) is 12.1. The summed E-state index contributed by atoms with van der Waals surface area (Å²) in [6.45, 7) is 0. The molecule has 8 aromatic carbocycles. The summed E-state index contributed by atoms with van der Waals surface area (Å²) in [5.74, 6) is 0.617. The van der Waals surface area contributed by atoms with Gasteiger partial charge in [-0.15, -0.1) is 0 Å². The average Bonchev–Trinajstić information content (AvgIpc) is 3.79. The van der Waals surface area contributed by atoms with Crippen molar-refractivity contribution in [2.75, 3.05) is 0 Å². The van der Waals surface area contributed by atoms with E-state index < -0.39 is 5.41 Å². The second-order valence-electron chi connectivity index (χ2n) is 14.9. The van der Waals surface area contributed by atoms with Crippen LogP contribution in [0, 0.1) is 11.3 Å². The van der Waals surface area contributed by atoms with E-state index in [1.54, 1.807) is 0 Å². The Morgan fingerprint density at radius 1 is 0.431 bits per heavy atom. The lowest BCUT2D eigenvalue weighted by Gasteiger charge is -2.33. The van der Waals surface area contributed by atoms with Gasteiger partial charge in [0.1, 0.15) is 0 Å². The van der Waals surface area contributed by atoms with Crippen LogP contribution in [-0.4, -0.2) is 14.5 Å². The molecule has 1 aliphatic rings. The summed E-state index contributed by atoms with van der Waals surface area (Å²) in [6.07, 6.45) is 0. The minimum atomic E-state index is -0.489. The van der Waals surface area contributed by atoms with Crippen molar-refractivity contribution in [1.82, 2.24) is 14.5 Å². The molecule has 4 nitrogen and oxygen atoms in total. The first kappa shape index (κ1) is 33.5. The summed E-state index contributed by atoms with van der Waals surface area (Å²) < 4.78 is 2.39. The van der Waals surface area contributed by atoms with E-state index in [2.05, 4.69) is 168 Å². The SMILES string of the molecule is N#Cc1cccc(-c2cc(-c3ccccc3)nc(-c3cccc(-n4c5ccccc5c5cc6c(cc54)-c4ccccc4C6(c4ccccc4)c4ccccc4)c3)n2)c1. The standard InChI is InChI=1S/C54H34N4/c55-35-36-16-14-19-38(30-36)50-34-49(37-17-4-1-5-18-37)56-53(57-50)39-20-15-25-42(31-39)58-51-29-13-11-27-44(51)46-32-48-45(33-52(46)58)43-26-10-12-28-47(43)54(48,40-21-6-2-7-22-40)41-23-8-3-9-24-41/h1-34H. The predicted octanol–water partition coefficient (Wildman–Crippen LogP) is 12.8. The Bertz CT molecular complexity index is 3190. The number of benzene rings is 8. The van der Waals surface area contributed by atoms with Crippen LogP contribution in [0.25, 0.3) is 72.5 Å². The van der Waals surface area contributed by atoms with Gasteiger partial charge < -0.3 is 4.57 Å². The molecule has 4 heteroatoms. The fourth-order valence-corrected chi connectivity index (χ4v) is 9.19. The topological polar surface area (TPSA) is 54.5 Å². The van der Waals surface area contributed by atoms with E-state index in [1.807, 2.05) is 48.5 Å². The average molecular weight is 739 g/mol. The van der Waals surface area contributed by atoms with Crippen LogP contribution in [0.5, 0.6) is 0 Å². The molecule has 0 spiro atoms. The molecule has 0 unspecified atom stereocenters. The van der Waals surface area contributed by atoms with Gasteiger partial charge in [-0.1, -0.05) is 158 Å². The summed E-state index contributed by atoms with van der Waals surface area (Å²) >= 11 is 0. The van der Waals surface area contributed by atoms with Gasteiger partial charge >= 0.3 is 0 Å². The number of rotatable bonds is 6. The number of fused-ring (bicyclic) bond motifs is 6. The Labute approximate surface area is 336 Å². The van der Waals surface area contributed by atoms with Crippen LogP contribution in [0.2, 0.25) is 0 Å². The van der Waals surface area contributed by atoms with E-state index in [1.165, 1.54) is 44.2 Å². The van der Waals surface area contributed by atoms with Crippen molar-refractivity contribution in [3.63, 3.8) is 0 Å².